The van der Waals surface area contributed by atoms with E-state index in [4.69, 9.17) is 23.2 Å². The number of rotatable bonds is 8. The Morgan fingerprint density at radius 2 is 1.83 bits per heavy atom. The van der Waals surface area contributed by atoms with E-state index in [1.165, 1.54) is 12.1 Å². The van der Waals surface area contributed by atoms with Gasteiger partial charge in [-0.1, -0.05) is 54.7 Å². The number of amides is 2. The van der Waals surface area contributed by atoms with Gasteiger partial charge in [-0.2, -0.15) is 0 Å². The van der Waals surface area contributed by atoms with Crippen molar-refractivity contribution in [1.29, 1.82) is 0 Å². The lowest BCUT2D eigenvalue weighted by Gasteiger charge is -2.24. The van der Waals surface area contributed by atoms with Gasteiger partial charge < -0.3 is 14.8 Å². The number of aromatic nitrogens is 1. The molecule has 0 radical (unpaired) electrons. The Labute approximate surface area is 186 Å². The first-order valence-corrected chi connectivity index (χ1v) is 10.6. The Kier molecular flexibility index (Phi) is 7.77. The molecule has 4 nitrogen and oxygen atoms in total. The van der Waals surface area contributed by atoms with Crippen molar-refractivity contribution in [3.8, 4) is 0 Å². The van der Waals surface area contributed by atoms with E-state index in [2.05, 4.69) is 12.2 Å². The Morgan fingerprint density at radius 3 is 2.53 bits per heavy atom. The van der Waals surface area contributed by atoms with Crippen molar-refractivity contribution in [2.75, 3.05) is 11.9 Å². The second-order valence-corrected chi connectivity index (χ2v) is 7.87. The number of urea groups is 1. The van der Waals surface area contributed by atoms with Crippen LogP contribution in [-0.2, 0) is 13.1 Å². The molecule has 0 saturated carbocycles. The van der Waals surface area contributed by atoms with Gasteiger partial charge in [0.2, 0.25) is 0 Å². The first-order valence-electron chi connectivity index (χ1n) is 9.86. The lowest BCUT2D eigenvalue weighted by Crippen LogP contribution is -2.36. The molecule has 158 valence electrons. The number of para-hydroxylation sites is 1. The van der Waals surface area contributed by atoms with Crippen molar-refractivity contribution in [1.82, 2.24) is 9.47 Å². The Hall–Kier alpha value is -2.50. The molecule has 1 N–H and O–H groups in total. The van der Waals surface area contributed by atoms with Crippen LogP contribution < -0.4 is 5.32 Å². The highest BCUT2D eigenvalue weighted by Gasteiger charge is 2.18. The number of unbranched alkanes of at least 4 members (excludes halogenated alkanes) is 1. The number of halogens is 3. The van der Waals surface area contributed by atoms with Crippen LogP contribution >= 0.6 is 23.2 Å². The summed E-state index contributed by atoms with van der Waals surface area (Å²) < 4.78 is 15.5. The van der Waals surface area contributed by atoms with Gasteiger partial charge in [0, 0.05) is 25.0 Å². The first kappa shape index (κ1) is 22.2. The Balaban J connectivity index is 1.77. The summed E-state index contributed by atoms with van der Waals surface area (Å²) in [5.41, 5.74) is 2.22. The van der Waals surface area contributed by atoms with Crippen molar-refractivity contribution in [2.45, 2.75) is 32.9 Å². The molecule has 0 aliphatic rings. The molecule has 0 spiro atoms. The van der Waals surface area contributed by atoms with Crippen LogP contribution in [0.15, 0.2) is 60.8 Å². The second kappa shape index (κ2) is 10.5. The van der Waals surface area contributed by atoms with Crippen LogP contribution in [0.1, 0.15) is 31.0 Å². The summed E-state index contributed by atoms with van der Waals surface area (Å²) in [6.07, 6.45) is 3.76. The fourth-order valence-corrected chi connectivity index (χ4v) is 3.67. The normalized spacial score (nSPS) is 10.8. The highest BCUT2D eigenvalue weighted by Crippen LogP contribution is 2.30. The van der Waals surface area contributed by atoms with Crippen molar-refractivity contribution in [3.05, 3.63) is 87.9 Å². The molecule has 0 unspecified atom stereocenters. The summed E-state index contributed by atoms with van der Waals surface area (Å²) in [6, 6.07) is 15.2. The second-order valence-electron chi connectivity index (χ2n) is 7.06. The van der Waals surface area contributed by atoms with Crippen molar-refractivity contribution >= 4 is 34.9 Å². The predicted molar refractivity (Wildman–Crippen MR) is 121 cm³/mol. The van der Waals surface area contributed by atoms with E-state index in [1.807, 2.05) is 29.0 Å². The molecule has 3 rings (SSSR count). The minimum atomic E-state index is -0.267. The number of carbonyl (C=O) groups is 1. The van der Waals surface area contributed by atoms with Crippen LogP contribution in [0, 0.1) is 5.82 Å². The van der Waals surface area contributed by atoms with E-state index in [0.717, 1.165) is 24.1 Å². The van der Waals surface area contributed by atoms with Gasteiger partial charge in [-0.15, -0.1) is 0 Å². The maximum absolute atomic E-state index is 13.5. The van der Waals surface area contributed by atoms with E-state index >= 15 is 0 Å². The fourth-order valence-electron chi connectivity index (χ4n) is 3.18. The van der Waals surface area contributed by atoms with Crippen molar-refractivity contribution < 1.29 is 9.18 Å². The third kappa shape index (κ3) is 5.77. The molecule has 7 heteroatoms. The number of nitrogens with zero attached hydrogens (tertiary/aromatic N) is 2. The van der Waals surface area contributed by atoms with Gasteiger partial charge in [0.05, 0.1) is 22.3 Å². The number of hydrogen-bond acceptors (Lipinski definition) is 1. The van der Waals surface area contributed by atoms with Gasteiger partial charge in [-0.25, -0.2) is 9.18 Å². The van der Waals surface area contributed by atoms with Gasteiger partial charge in [0.1, 0.15) is 5.82 Å². The average Bonchev–Trinajstić information content (AvgIpc) is 3.14. The summed E-state index contributed by atoms with van der Waals surface area (Å²) in [6.45, 7) is 3.61. The molecule has 1 heterocycles. The van der Waals surface area contributed by atoms with Gasteiger partial charge in [0.15, 0.2) is 0 Å². The number of hydrogen-bond donors (Lipinski definition) is 1. The first-order chi connectivity index (χ1) is 14.5. The smallest absolute Gasteiger partial charge is 0.322 e. The fraction of sp³-hybridized carbons (Fsp3) is 0.261. The third-order valence-electron chi connectivity index (χ3n) is 4.78. The van der Waals surface area contributed by atoms with E-state index in [-0.39, 0.29) is 11.8 Å². The zero-order valence-corrected chi connectivity index (χ0v) is 18.3. The van der Waals surface area contributed by atoms with E-state index in [1.54, 1.807) is 29.2 Å². The molecule has 0 bridgehead atoms. The summed E-state index contributed by atoms with van der Waals surface area (Å²) >= 11 is 12.4. The van der Waals surface area contributed by atoms with E-state index in [0.29, 0.717) is 35.4 Å². The molecule has 0 fully saturated rings. The molecule has 0 aliphatic heterocycles. The largest absolute Gasteiger partial charge is 0.345 e. The number of benzene rings is 2. The third-order valence-corrected chi connectivity index (χ3v) is 5.41. The summed E-state index contributed by atoms with van der Waals surface area (Å²) in [4.78, 5) is 14.7. The molecule has 30 heavy (non-hydrogen) atoms. The highest BCUT2D eigenvalue weighted by atomic mass is 35.5. The SMILES string of the molecule is CCCCN(Cc1cccn1Cc1cccc(F)c1)C(=O)Nc1c(Cl)cccc1Cl. The molecule has 0 saturated heterocycles. The van der Waals surface area contributed by atoms with E-state index < -0.39 is 0 Å². The zero-order valence-electron chi connectivity index (χ0n) is 16.7. The van der Waals surface area contributed by atoms with Gasteiger partial charge >= 0.3 is 6.03 Å². The highest BCUT2D eigenvalue weighted by molar-refractivity contribution is 6.39. The van der Waals surface area contributed by atoms with Crippen LogP contribution in [0.4, 0.5) is 14.9 Å². The van der Waals surface area contributed by atoms with Crippen LogP contribution in [-0.4, -0.2) is 22.0 Å². The standard InChI is InChI=1S/C23H24Cl2FN3O/c1-2-3-12-29(23(30)27-22-20(24)10-5-11-21(22)25)16-19-9-6-13-28(19)15-17-7-4-8-18(26)14-17/h4-11,13-14H,2-3,12,15-16H2,1H3,(H,27,30). The minimum Gasteiger partial charge on any atom is -0.345 e. The van der Waals surface area contributed by atoms with Crippen LogP contribution in [0.3, 0.4) is 0 Å². The van der Waals surface area contributed by atoms with Crippen LogP contribution in [0.2, 0.25) is 10.0 Å². The molecule has 1 aromatic heterocycles. The Bertz CT molecular complexity index is 985. The number of nitrogens with one attached hydrogen (secondary N) is 1. The molecular weight excluding hydrogens is 424 g/mol. The maximum Gasteiger partial charge on any atom is 0.322 e. The van der Waals surface area contributed by atoms with Crippen molar-refractivity contribution in [2.24, 2.45) is 0 Å². The van der Waals surface area contributed by atoms with Gasteiger partial charge in [0.25, 0.3) is 0 Å². The van der Waals surface area contributed by atoms with Crippen molar-refractivity contribution in [3.63, 3.8) is 0 Å². The van der Waals surface area contributed by atoms with E-state index in [9.17, 15) is 9.18 Å². The zero-order chi connectivity index (χ0) is 21.5. The van der Waals surface area contributed by atoms with Crippen LogP contribution in [0.25, 0.3) is 0 Å². The maximum atomic E-state index is 13.5. The van der Waals surface area contributed by atoms with Gasteiger partial charge in [-0.3, -0.25) is 0 Å². The molecule has 0 atom stereocenters. The summed E-state index contributed by atoms with van der Waals surface area (Å²) in [7, 11) is 0. The molecule has 2 amide bonds. The lowest BCUT2D eigenvalue weighted by molar-refractivity contribution is 0.207. The number of anilines is 1. The monoisotopic (exact) mass is 447 g/mol. The van der Waals surface area contributed by atoms with Gasteiger partial charge in [-0.05, 0) is 48.4 Å². The molecule has 3 aromatic rings. The quantitative estimate of drug-likeness (QED) is 0.404. The average molecular weight is 448 g/mol. The Morgan fingerprint density at radius 1 is 1.10 bits per heavy atom. The number of carbonyl (C=O) groups excluding carboxylic acids is 1. The van der Waals surface area contributed by atoms with Crippen LogP contribution in [0.5, 0.6) is 0 Å². The molecule has 0 aliphatic carbocycles. The molecule has 2 aromatic carbocycles. The summed E-state index contributed by atoms with van der Waals surface area (Å²) in [5, 5.41) is 3.62. The lowest BCUT2D eigenvalue weighted by atomic mass is 10.2. The predicted octanol–water partition coefficient (Wildman–Crippen LogP) is 6.82. The topological polar surface area (TPSA) is 37.3 Å². The minimum absolute atomic E-state index is 0.262. The molecular formula is C23H24Cl2FN3O. The summed E-state index contributed by atoms with van der Waals surface area (Å²) in [5.74, 6) is -0.262.